The fraction of sp³-hybridized carbons (Fsp3) is 0.562. The van der Waals surface area contributed by atoms with Gasteiger partial charge in [0.25, 0.3) is 0 Å². The summed E-state index contributed by atoms with van der Waals surface area (Å²) >= 11 is 0. The molecule has 0 aromatic heterocycles. The van der Waals surface area contributed by atoms with Crippen molar-refractivity contribution in [3.8, 4) is 0 Å². The van der Waals surface area contributed by atoms with Crippen molar-refractivity contribution in [2.24, 2.45) is 0 Å². The van der Waals surface area contributed by atoms with Crippen molar-refractivity contribution >= 4 is 5.91 Å². The van der Waals surface area contributed by atoms with Crippen LogP contribution in [0, 0.1) is 0 Å². The summed E-state index contributed by atoms with van der Waals surface area (Å²) in [6.07, 6.45) is 2.66. The van der Waals surface area contributed by atoms with Crippen molar-refractivity contribution in [1.82, 2.24) is 10.6 Å². The van der Waals surface area contributed by atoms with Crippen LogP contribution in [-0.2, 0) is 16.0 Å². The molecule has 5 nitrogen and oxygen atoms in total. The zero-order valence-electron chi connectivity index (χ0n) is 12.3. The number of aliphatic hydroxyl groups excluding tert-OH is 1. The van der Waals surface area contributed by atoms with Crippen LogP contribution in [0.15, 0.2) is 30.3 Å². The molecule has 5 heteroatoms. The van der Waals surface area contributed by atoms with Crippen LogP contribution in [0.2, 0.25) is 0 Å². The first-order valence-electron chi connectivity index (χ1n) is 7.58. The van der Waals surface area contributed by atoms with Gasteiger partial charge < -0.3 is 15.2 Å². The van der Waals surface area contributed by atoms with E-state index in [9.17, 15) is 9.90 Å². The van der Waals surface area contributed by atoms with Crippen molar-refractivity contribution in [1.29, 1.82) is 0 Å². The Kier molecular flexibility index (Phi) is 6.66. The SMILES string of the molecule is O=C(CCc1ccccc1)NCC(O)CNC1CCCO1. The van der Waals surface area contributed by atoms with Crippen molar-refractivity contribution in [3.63, 3.8) is 0 Å². The fourth-order valence-electron chi connectivity index (χ4n) is 2.30. The van der Waals surface area contributed by atoms with E-state index in [1.165, 1.54) is 0 Å². The third kappa shape index (κ3) is 6.25. The molecule has 0 saturated carbocycles. The molecule has 1 saturated heterocycles. The van der Waals surface area contributed by atoms with E-state index < -0.39 is 6.10 Å². The minimum Gasteiger partial charge on any atom is -0.390 e. The van der Waals surface area contributed by atoms with Crippen LogP contribution < -0.4 is 10.6 Å². The number of nitrogens with one attached hydrogen (secondary N) is 2. The molecule has 1 fully saturated rings. The van der Waals surface area contributed by atoms with Crippen molar-refractivity contribution < 1.29 is 14.6 Å². The lowest BCUT2D eigenvalue weighted by atomic mass is 10.1. The molecule has 1 aliphatic rings. The Bertz CT molecular complexity index is 419. The van der Waals surface area contributed by atoms with Gasteiger partial charge in [0, 0.05) is 26.1 Å². The molecule has 1 aliphatic heterocycles. The molecule has 1 aromatic carbocycles. The van der Waals surface area contributed by atoms with E-state index in [0.717, 1.165) is 31.4 Å². The minimum atomic E-state index is -0.588. The van der Waals surface area contributed by atoms with Gasteiger partial charge in [-0.15, -0.1) is 0 Å². The molecule has 0 bridgehead atoms. The number of carbonyl (C=O) groups excluding carboxylic acids is 1. The van der Waals surface area contributed by atoms with Gasteiger partial charge in [0.05, 0.1) is 6.10 Å². The number of benzene rings is 1. The van der Waals surface area contributed by atoms with Crippen molar-refractivity contribution in [2.75, 3.05) is 19.7 Å². The van der Waals surface area contributed by atoms with Crippen LogP contribution >= 0.6 is 0 Å². The van der Waals surface area contributed by atoms with Crippen LogP contribution in [0.3, 0.4) is 0 Å². The molecular formula is C16H24N2O3. The largest absolute Gasteiger partial charge is 0.390 e. The molecule has 2 unspecified atom stereocenters. The molecule has 3 N–H and O–H groups in total. The second-order valence-corrected chi connectivity index (χ2v) is 5.35. The molecule has 1 heterocycles. The summed E-state index contributed by atoms with van der Waals surface area (Å²) in [5, 5.41) is 15.7. The highest BCUT2D eigenvalue weighted by molar-refractivity contribution is 5.76. The number of amides is 1. The third-order valence-electron chi connectivity index (χ3n) is 3.53. The molecule has 21 heavy (non-hydrogen) atoms. The lowest BCUT2D eigenvalue weighted by Gasteiger charge is -2.16. The number of carbonyl (C=O) groups is 1. The molecule has 0 radical (unpaired) electrons. The highest BCUT2D eigenvalue weighted by Gasteiger charge is 2.16. The predicted molar refractivity (Wildman–Crippen MR) is 80.8 cm³/mol. The lowest BCUT2D eigenvalue weighted by Crippen LogP contribution is -2.41. The van der Waals surface area contributed by atoms with Gasteiger partial charge in [0.15, 0.2) is 0 Å². The van der Waals surface area contributed by atoms with Crippen LogP contribution in [0.25, 0.3) is 0 Å². The summed E-state index contributed by atoms with van der Waals surface area (Å²) in [4.78, 5) is 11.7. The van der Waals surface area contributed by atoms with Gasteiger partial charge in [-0.05, 0) is 24.8 Å². The Morgan fingerprint density at radius 3 is 2.86 bits per heavy atom. The van der Waals surface area contributed by atoms with Gasteiger partial charge in [-0.1, -0.05) is 30.3 Å². The summed E-state index contributed by atoms with van der Waals surface area (Å²) in [7, 11) is 0. The first kappa shape index (κ1) is 15.9. The maximum Gasteiger partial charge on any atom is 0.220 e. The molecule has 0 aliphatic carbocycles. The highest BCUT2D eigenvalue weighted by Crippen LogP contribution is 2.08. The van der Waals surface area contributed by atoms with Gasteiger partial charge in [0.1, 0.15) is 6.23 Å². The third-order valence-corrected chi connectivity index (χ3v) is 3.53. The van der Waals surface area contributed by atoms with Gasteiger partial charge >= 0.3 is 0 Å². The average molecular weight is 292 g/mol. The number of aryl methyl sites for hydroxylation is 1. The van der Waals surface area contributed by atoms with Crippen LogP contribution in [0.1, 0.15) is 24.8 Å². The van der Waals surface area contributed by atoms with Crippen LogP contribution in [-0.4, -0.2) is 43.0 Å². The van der Waals surface area contributed by atoms with E-state index in [1.807, 2.05) is 30.3 Å². The standard InChI is InChI=1S/C16H24N2O3/c19-14(12-18-16-7-4-10-21-16)11-17-15(20)9-8-13-5-2-1-3-6-13/h1-3,5-6,14,16,18-19H,4,7-12H2,(H,17,20). The van der Waals surface area contributed by atoms with Crippen molar-refractivity contribution in [3.05, 3.63) is 35.9 Å². The Hall–Kier alpha value is -1.43. The van der Waals surface area contributed by atoms with Gasteiger partial charge in [-0.25, -0.2) is 0 Å². The number of rotatable bonds is 8. The fourth-order valence-corrected chi connectivity index (χ4v) is 2.30. The Morgan fingerprint density at radius 1 is 1.33 bits per heavy atom. The molecular weight excluding hydrogens is 268 g/mol. The summed E-state index contributed by atoms with van der Waals surface area (Å²) in [6.45, 7) is 1.49. The average Bonchev–Trinajstić information content (AvgIpc) is 3.03. The smallest absolute Gasteiger partial charge is 0.220 e. The number of hydrogen-bond donors (Lipinski definition) is 3. The monoisotopic (exact) mass is 292 g/mol. The van der Waals surface area contributed by atoms with Crippen LogP contribution in [0.4, 0.5) is 0 Å². The molecule has 1 aromatic rings. The zero-order chi connectivity index (χ0) is 14.9. The van der Waals surface area contributed by atoms with Gasteiger partial charge in [0.2, 0.25) is 5.91 Å². The normalized spacial score (nSPS) is 19.4. The highest BCUT2D eigenvalue weighted by atomic mass is 16.5. The quantitative estimate of drug-likeness (QED) is 0.663. The summed E-state index contributed by atoms with van der Waals surface area (Å²) in [6, 6.07) is 9.91. The lowest BCUT2D eigenvalue weighted by molar-refractivity contribution is -0.121. The molecule has 0 spiro atoms. The molecule has 116 valence electrons. The Balaban J connectivity index is 1.55. The summed E-state index contributed by atoms with van der Waals surface area (Å²) < 4.78 is 5.41. The van der Waals surface area contributed by atoms with E-state index in [-0.39, 0.29) is 18.7 Å². The van der Waals surface area contributed by atoms with Crippen LogP contribution in [0.5, 0.6) is 0 Å². The second-order valence-electron chi connectivity index (χ2n) is 5.35. The van der Waals surface area contributed by atoms with Gasteiger partial charge in [-0.2, -0.15) is 0 Å². The first-order valence-corrected chi connectivity index (χ1v) is 7.58. The van der Waals surface area contributed by atoms with E-state index in [1.54, 1.807) is 0 Å². The number of hydrogen-bond acceptors (Lipinski definition) is 4. The minimum absolute atomic E-state index is 0.0324. The maximum atomic E-state index is 11.7. The van der Waals surface area contributed by atoms with Gasteiger partial charge in [-0.3, -0.25) is 10.1 Å². The Morgan fingerprint density at radius 2 is 2.14 bits per heavy atom. The van der Waals surface area contributed by atoms with E-state index in [2.05, 4.69) is 10.6 Å². The number of ether oxygens (including phenoxy) is 1. The summed E-state index contributed by atoms with van der Waals surface area (Å²) in [5.41, 5.74) is 1.15. The number of aliphatic hydroxyl groups is 1. The maximum absolute atomic E-state index is 11.7. The molecule has 2 rings (SSSR count). The first-order chi connectivity index (χ1) is 10.2. The topological polar surface area (TPSA) is 70.6 Å². The van der Waals surface area contributed by atoms with E-state index >= 15 is 0 Å². The Labute approximate surface area is 125 Å². The van der Waals surface area contributed by atoms with E-state index in [4.69, 9.17) is 4.74 Å². The molecule has 1 amide bonds. The van der Waals surface area contributed by atoms with E-state index in [0.29, 0.717) is 13.0 Å². The molecule has 2 atom stereocenters. The summed E-state index contributed by atoms with van der Waals surface area (Å²) in [5.74, 6) is -0.0324. The zero-order valence-corrected chi connectivity index (χ0v) is 12.3. The predicted octanol–water partition coefficient (Wildman–Crippen LogP) is 0.822. The van der Waals surface area contributed by atoms with Crippen molar-refractivity contribution in [2.45, 2.75) is 38.0 Å². The second kappa shape index (κ2) is 8.77.